The minimum absolute atomic E-state index is 0. The smallest absolute Gasteiger partial charge is 0 e. The molecule has 0 rings (SSSR count). The van der Waals surface area contributed by atoms with E-state index in [0.717, 1.165) is 0 Å². The molecule has 0 aliphatic carbocycles. The number of rotatable bonds is 0. The van der Waals surface area contributed by atoms with Gasteiger partial charge in [0.05, 0.1) is 0 Å². The van der Waals surface area contributed by atoms with E-state index in [9.17, 15) is 0 Å². The van der Waals surface area contributed by atoms with Gasteiger partial charge in [0.1, 0.15) is 0 Å². The Hall–Kier alpha value is 1.40. The summed E-state index contributed by atoms with van der Waals surface area (Å²) in [5.41, 5.74) is 0. The van der Waals surface area contributed by atoms with E-state index in [2.05, 4.69) is 0 Å². The Morgan fingerprint density at radius 2 is 0.300 bits per heavy atom. The van der Waals surface area contributed by atoms with E-state index in [-0.39, 0.29) is 100 Å². The molecule has 4 N–H and O–H groups in total. The van der Waals surface area contributed by atoms with Crippen LogP contribution in [0.5, 0.6) is 0 Å². The van der Waals surface area contributed by atoms with Crippen LogP contribution < -0.4 is 0 Å². The second kappa shape index (κ2) is 469. The Kier molecular flexibility index (Phi) is 29500. The minimum atomic E-state index is 0. The molecule has 4 heteroatoms. The van der Waals surface area contributed by atoms with Gasteiger partial charge in [0, 0.05) is 44.8 Å². The molecule has 0 amide bonds. The monoisotopic (exact) mass is 312 g/mol. The maximum Gasteiger partial charge on any atom is 0 e. The average molecular weight is 312 g/mol. The van der Waals surface area contributed by atoms with Gasteiger partial charge in [-0.05, 0) is 0 Å². The van der Waals surface area contributed by atoms with Gasteiger partial charge in [-0.25, -0.2) is 0 Å². The molecule has 0 aromatic heterocycles. The molecule has 0 unspecified atom stereocenters. The van der Waals surface area contributed by atoms with Gasteiger partial charge in [0.2, 0.25) is 0 Å². The summed E-state index contributed by atoms with van der Waals surface area (Å²) in [4.78, 5) is 0. The molecule has 0 spiro atoms. The Labute approximate surface area is 99.8 Å². The first-order valence-electron chi connectivity index (χ1n) is 0. The van der Waals surface area contributed by atoms with Gasteiger partial charge >= 0.3 is 0 Å². The topological polar surface area (TPSA) is 63.0 Å². The molecule has 0 aromatic carbocycles. The standard InChI is InChI=1S/6CH3.2Nb.2H2O/h6*1H3;;;2*1H2/q6*-1;;;;. The summed E-state index contributed by atoms with van der Waals surface area (Å²) >= 11 is 0. The summed E-state index contributed by atoms with van der Waals surface area (Å²) in [6.07, 6.45) is 0. The second-order valence-corrected chi connectivity index (χ2v) is 0. The zero-order chi connectivity index (χ0) is 0. The fourth-order valence-electron chi connectivity index (χ4n) is 0. The molecular formula is C6H22Nb2O2-6. The Bertz CT molecular complexity index is 13.7. The Morgan fingerprint density at radius 1 is 0.300 bits per heavy atom. The van der Waals surface area contributed by atoms with E-state index in [1.807, 2.05) is 0 Å². The van der Waals surface area contributed by atoms with Crippen LogP contribution in [0, 0.1) is 44.6 Å². The quantitative estimate of drug-likeness (QED) is 0.474. The predicted octanol–water partition coefficient (Wildman–Crippen LogP) is 1.05. The largest absolute Gasteiger partial charge is 0.412 e. The summed E-state index contributed by atoms with van der Waals surface area (Å²) in [6.45, 7) is 0. The third-order valence-corrected chi connectivity index (χ3v) is 0. The first-order chi connectivity index (χ1) is 0. The van der Waals surface area contributed by atoms with Gasteiger partial charge in [0.25, 0.3) is 0 Å². The zero-order valence-electron chi connectivity index (χ0n) is 7.89. The van der Waals surface area contributed by atoms with Crippen molar-refractivity contribution >= 4 is 0 Å². The van der Waals surface area contributed by atoms with Gasteiger partial charge in [-0.15, -0.1) is 0 Å². The van der Waals surface area contributed by atoms with Gasteiger partial charge < -0.3 is 55.5 Å². The van der Waals surface area contributed by atoms with Crippen molar-refractivity contribution in [2.45, 2.75) is 0 Å². The van der Waals surface area contributed by atoms with Gasteiger partial charge in [0.15, 0.2) is 0 Å². The van der Waals surface area contributed by atoms with Crippen LogP contribution in [-0.4, -0.2) is 11.0 Å². The molecule has 0 fully saturated rings. The van der Waals surface area contributed by atoms with Crippen molar-refractivity contribution < 1.29 is 55.7 Å². The van der Waals surface area contributed by atoms with E-state index in [4.69, 9.17) is 0 Å². The molecule has 0 atom stereocenters. The molecule has 0 bridgehead atoms. The predicted molar refractivity (Wildman–Crippen MR) is 45.7 cm³/mol. The molecule has 0 heterocycles. The van der Waals surface area contributed by atoms with Crippen molar-refractivity contribution in [1.29, 1.82) is 0 Å². The summed E-state index contributed by atoms with van der Waals surface area (Å²) < 4.78 is 0. The van der Waals surface area contributed by atoms with Crippen LogP contribution in [0.1, 0.15) is 0 Å². The fourth-order valence-corrected chi connectivity index (χ4v) is 0. The van der Waals surface area contributed by atoms with Crippen molar-refractivity contribution in [3.8, 4) is 0 Å². The van der Waals surface area contributed by atoms with Crippen molar-refractivity contribution in [3.05, 3.63) is 44.6 Å². The zero-order valence-corrected chi connectivity index (χ0v) is 12.3. The molecular weight excluding hydrogens is 290 g/mol. The summed E-state index contributed by atoms with van der Waals surface area (Å²) in [5.74, 6) is 0. The molecule has 0 saturated carbocycles. The average Bonchev–Trinajstić information content (AvgIpc) is 0. The first-order valence-corrected chi connectivity index (χ1v) is 0. The maximum atomic E-state index is 0. The molecule has 0 aliphatic rings. The van der Waals surface area contributed by atoms with E-state index >= 15 is 0 Å². The van der Waals surface area contributed by atoms with Crippen molar-refractivity contribution in [2.75, 3.05) is 0 Å². The molecule has 10 heavy (non-hydrogen) atoms. The number of hydrogen-bond acceptors (Lipinski definition) is 0. The normalized spacial score (nSPS) is 0. The van der Waals surface area contributed by atoms with Gasteiger partial charge in [-0.3, -0.25) is 0 Å². The summed E-state index contributed by atoms with van der Waals surface area (Å²) in [6, 6.07) is 0. The van der Waals surface area contributed by atoms with E-state index in [1.54, 1.807) is 0 Å². The van der Waals surface area contributed by atoms with Crippen LogP contribution in [0.15, 0.2) is 0 Å². The van der Waals surface area contributed by atoms with Crippen molar-refractivity contribution in [2.24, 2.45) is 0 Å². The van der Waals surface area contributed by atoms with Gasteiger partial charge in [-0.1, -0.05) is 0 Å². The molecule has 0 aliphatic heterocycles. The van der Waals surface area contributed by atoms with Crippen molar-refractivity contribution in [1.82, 2.24) is 0 Å². The van der Waals surface area contributed by atoms with Crippen LogP contribution >= 0.6 is 0 Å². The Balaban J connectivity index is 0. The summed E-state index contributed by atoms with van der Waals surface area (Å²) in [5, 5.41) is 0. The third kappa shape index (κ3) is 338. The fraction of sp³-hybridized carbons (Fsp3) is 0. The first kappa shape index (κ1) is 629. The van der Waals surface area contributed by atoms with Crippen LogP contribution in [-0.2, 0) is 44.8 Å². The minimum Gasteiger partial charge on any atom is -0.412 e. The molecule has 0 saturated heterocycles. The van der Waals surface area contributed by atoms with E-state index in [0.29, 0.717) is 0 Å². The van der Waals surface area contributed by atoms with Crippen molar-refractivity contribution in [3.63, 3.8) is 0 Å². The van der Waals surface area contributed by atoms with Crippen LogP contribution in [0.3, 0.4) is 0 Å². The third-order valence-electron chi connectivity index (χ3n) is 0. The SMILES string of the molecule is O.O.[CH3-].[CH3-].[CH3-].[CH3-].[CH3-].[CH3-].[Nb].[Nb]. The van der Waals surface area contributed by atoms with Crippen LogP contribution in [0.2, 0.25) is 0 Å². The van der Waals surface area contributed by atoms with Crippen LogP contribution in [0.4, 0.5) is 0 Å². The summed E-state index contributed by atoms with van der Waals surface area (Å²) in [7, 11) is 0. The van der Waals surface area contributed by atoms with Gasteiger partial charge in [-0.2, -0.15) is 0 Å². The second-order valence-electron chi connectivity index (χ2n) is 0. The maximum absolute atomic E-state index is 0. The Morgan fingerprint density at radius 3 is 0.300 bits per heavy atom. The molecule has 2 radical (unpaired) electrons. The van der Waals surface area contributed by atoms with Crippen LogP contribution in [0.25, 0.3) is 0 Å². The number of hydrogen-bond donors (Lipinski definition) is 0. The van der Waals surface area contributed by atoms with E-state index in [1.165, 1.54) is 0 Å². The van der Waals surface area contributed by atoms with E-state index < -0.39 is 0 Å². The molecule has 74 valence electrons. The molecule has 2 nitrogen and oxygen atoms in total. The molecule has 0 aromatic rings.